The van der Waals surface area contributed by atoms with Crippen LogP contribution in [0.2, 0.25) is 0 Å². The van der Waals surface area contributed by atoms with Crippen molar-refractivity contribution in [1.29, 1.82) is 0 Å². The molecule has 2 unspecified atom stereocenters. The molecule has 3 fully saturated rings. The van der Waals surface area contributed by atoms with Gasteiger partial charge in [0.25, 0.3) is 0 Å². The highest BCUT2D eigenvalue weighted by molar-refractivity contribution is 5.28. The maximum atomic E-state index is 11.1. The molecule has 1 heteroatoms. The van der Waals surface area contributed by atoms with Crippen LogP contribution in [0.4, 0.5) is 0 Å². The molecule has 0 aromatic rings. The molecule has 170 valence electrons. The van der Waals surface area contributed by atoms with Crippen LogP contribution in [0.5, 0.6) is 0 Å². The molecule has 0 amide bonds. The smallest absolute Gasteiger partial charge is 0.0602 e. The SMILES string of the molecule is CCC(CC[C@@H](C)[C@H]1CC[C@H]2C3=CCC4CCCC(O)[C@]4(C)[C@H]3CC[C@]12C)=C(C)C. The van der Waals surface area contributed by atoms with Crippen molar-refractivity contribution in [3.8, 4) is 0 Å². The van der Waals surface area contributed by atoms with Crippen LogP contribution in [0.1, 0.15) is 112 Å². The van der Waals surface area contributed by atoms with Crippen LogP contribution in [0.25, 0.3) is 0 Å². The topological polar surface area (TPSA) is 20.2 Å². The van der Waals surface area contributed by atoms with Crippen molar-refractivity contribution in [3.63, 3.8) is 0 Å². The van der Waals surface area contributed by atoms with Gasteiger partial charge in [0.1, 0.15) is 0 Å². The molecule has 3 saturated carbocycles. The maximum absolute atomic E-state index is 11.1. The lowest BCUT2D eigenvalue weighted by Gasteiger charge is -2.58. The molecule has 0 aliphatic heterocycles. The monoisotopic (exact) mass is 412 g/mol. The summed E-state index contributed by atoms with van der Waals surface area (Å²) in [6.45, 7) is 14.6. The van der Waals surface area contributed by atoms with Gasteiger partial charge in [-0.15, -0.1) is 0 Å². The molecular formula is C29H48O. The molecule has 0 bridgehead atoms. The fraction of sp³-hybridized carbons (Fsp3) is 0.862. The third-order valence-corrected chi connectivity index (χ3v) is 10.9. The standard InChI is InChI=1S/C29H48O/c1-7-21(19(2)3)12-11-20(4)24-15-16-25-23-14-13-22-9-8-10-27(30)29(22,6)26(23)17-18-28(24,25)5/h14,20,22,24-27,30H,7-13,15-18H2,1-6H3/t20-,22?,24-,25+,26+,27?,28-,29+/m1/s1. The first-order valence-corrected chi connectivity index (χ1v) is 13.3. The van der Waals surface area contributed by atoms with Gasteiger partial charge in [-0.1, -0.05) is 56.9 Å². The zero-order valence-electron chi connectivity index (χ0n) is 20.8. The van der Waals surface area contributed by atoms with Gasteiger partial charge in [-0.25, -0.2) is 0 Å². The summed E-state index contributed by atoms with van der Waals surface area (Å²) >= 11 is 0. The quantitative estimate of drug-likeness (QED) is 0.452. The Kier molecular flexibility index (Phi) is 6.35. The highest BCUT2D eigenvalue weighted by atomic mass is 16.3. The minimum absolute atomic E-state index is 0.0815. The summed E-state index contributed by atoms with van der Waals surface area (Å²) in [6.07, 6.45) is 16.8. The second-order valence-corrected chi connectivity index (χ2v) is 12.3. The molecule has 4 rings (SSSR count). The van der Waals surface area contributed by atoms with Gasteiger partial charge in [-0.05, 0) is 113 Å². The third-order valence-electron chi connectivity index (χ3n) is 10.9. The van der Waals surface area contributed by atoms with Gasteiger partial charge >= 0.3 is 0 Å². The lowest BCUT2D eigenvalue weighted by Crippen LogP contribution is -2.54. The average Bonchev–Trinajstić information content (AvgIpc) is 3.06. The molecule has 0 aromatic carbocycles. The predicted molar refractivity (Wildman–Crippen MR) is 128 cm³/mol. The van der Waals surface area contributed by atoms with Crippen LogP contribution in [0.3, 0.4) is 0 Å². The normalized spacial score (nSPS) is 43.8. The van der Waals surface area contributed by atoms with E-state index in [1.165, 1.54) is 64.2 Å². The van der Waals surface area contributed by atoms with Crippen molar-refractivity contribution >= 4 is 0 Å². The van der Waals surface area contributed by atoms with Gasteiger partial charge in [0, 0.05) is 5.41 Å². The molecule has 0 aromatic heterocycles. The van der Waals surface area contributed by atoms with Crippen LogP contribution in [0, 0.1) is 40.4 Å². The molecule has 0 saturated heterocycles. The highest BCUT2D eigenvalue weighted by Gasteiger charge is 2.59. The first kappa shape index (κ1) is 22.6. The molecule has 4 aliphatic rings. The summed E-state index contributed by atoms with van der Waals surface area (Å²) in [5.41, 5.74) is 5.65. The van der Waals surface area contributed by atoms with Gasteiger partial charge in [-0.3, -0.25) is 0 Å². The van der Waals surface area contributed by atoms with Crippen molar-refractivity contribution in [2.45, 2.75) is 118 Å². The third kappa shape index (κ3) is 3.46. The molecule has 1 N–H and O–H groups in total. The second kappa shape index (κ2) is 8.42. The van der Waals surface area contributed by atoms with Gasteiger partial charge < -0.3 is 5.11 Å². The summed E-state index contributed by atoms with van der Waals surface area (Å²) in [6, 6.07) is 0. The lowest BCUT2D eigenvalue weighted by molar-refractivity contribution is -0.0959. The Morgan fingerprint density at radius 3 is 2.57 bits per heavy atom. The van der Waals surface area contributed by atoms with E-state index >= 15 is 0 Å². The molecule has 8 atom stereocenters. The van der Waals surface area contributed by atoms with E-state index in [0.29, 0.717) is 17.3 Å². The minimum atomic E-state index is -0.0815. The van der Waals surface area contributed by atoms with E-state index in [0.717, 1.165) is 24.2 Å². The van der Waals surface area contributed by atoms with E-state index < -0.39 is 0 Å². The Labute approximate surface area is 186 Å². The fourth-order valence-corrected chi connectivity index (χ4v) is 8.93. The van der Waals surface area contributed by atoms with E-state index in [1.807, 2.05) is 0 Å². The number of aliphatic hydroxyl groups excluding tert-OH is 1. The van der Waals surface area contributed by atoms with E-state index in [2.05, 4.69) is 47.6 Å². The Balaban J connectivity index is 1.52. The fourth-order valence-electron chi connectivity index (χ4n) is 8.93. The Morgan fingerprint density at radius 2 is 1.87 bits per heavy atom. The molecular weight excluding hydrogens is 364 g/mol. The van der Waals surface area contributed by atoms with Crippen LogP contribution in [-0.2, 0) is 0 Å². The van der Waals surface area contributed by atoms with E-state index in [-0.39, 0.29) is 11.5 Å². The maximum Gasteiger partial charge on any atom is 0.0602 e. The largest absolute Gasteiger partial charge is 0.393 e. The molecule has 4 aliphatic carbocycles. The average molecular weight is 413 g/mol. The first-order valence-electron chi connectivity index (χ1n) is 13.3. The highest BCUT2D eigenvalue weighted by Crippen LogP contribution is 2.67. The Hall–Kier alpha value is -0.560. The van der Waals surface area contributed by atoms with E-state index in [9.17, 15) is 5.11 Å². The van der Waals surface area contributed by atoms with Gasteiger partial charge in [0.05, 0.1) is 6.10 Å². The van der Waals surface area contributed by atoms with Crippen molar-refractivity contribution in [2.75, 3.05) is 0 Å². The number of hydrogen-bond acceptors (Lipinski definition) is 1. The lowest BCUT2D eigenvalue weighted by atomic mass is 9.47. The minimum Gasteiger partial charge on any atom is -0.393 e. The summed E-state index contributed by atoms with van der Waals surface area (Å²) in [5, 5.41) is 11.1. The molecule has 30 heavy (non-hydrogen) atoms. The van der Waals surface area contributed by atoms with Crippen LogP contribution < -0.4 is 0 Å². The van der Waals surface area contributed by atoms with Crippen molar-refractivity contribution in [3.05, 3.63) is 22.8 Å². The number of aliphatic hydroxyl groups is 1. The summed E-state index contributed by atoms with van der Waals surface area (Å²) in [4.78, 5) is 0. The van der Waals surface area contributed by atoms with Crippen molar-refractivity contribution in [1.82, 2.24) is 0 Å². The van der Waals surface area contributed by atoms with Crippen LogP contribution in [0.15, 0.2) is 22.8 Å². The number of hydrogen-bond donors (Lipinski definition) is 1. The molecule has 0 heterocycles. The zero-order valence-corrected chi connectivity index (χ0v) is 20.8. The van der Waals surface area contributed by atoms with Gasteiger partial charge in [0.15, 0.2) is 0 Å². The first-order chi connectivity index (χ1) is 14.2. The van der Waals surface area contributed by atoms with E-state index in [4.69, 9.17) is 0 Å². The second-order valence-electron chi connectivity index (χ2n) is 12.3. The summed E-state index contributed by atoms with van der Waals surface area (Å²) in [5.74, 6) is 3.85. The Bertz CT molecular complexity index is 697. The summed E-state index contributed by atoms with van der Waals surface area (Å²) in [7, 11) is 0. The van der Waals surface area contributed by atoms with Crippen LogP contribution in [-0.4, -0.2) is 11.2 Å². The Morgan fingerprint density at radius 1 is 1.10 bits per heavy atom. The predicted octanol–water partition coefficient (Wildman–Crippen LogP) is 8.09. The van der Waals surface area contributed by atoms with Crippen molar-refractivity contribution < 1.29 is 5.11 Å². The van der Waals surface area contributed by atoms with Crippen molar-refractivity contribution in [2.24, 2.45) is 40.4 Å². The number of fused-ring (bicyclic) bond motifs is 5. The number of allylic oxidation sites excluding steroid dienone is 4. The van der Waals surface area contributed by atoms with Gasteiger partial charge in [0.2, 0.25) is 0 Å². The molecule has 1 nitrogen and oxygen atoms in total. The zero-order chi connectivity index (χ0) is 21.7. The molecule has 0 radical (unpaired) electrons. The van der Waals surface area contributed by atoms with Gasteiger partial charge in [-0.2, -0.15) is 0 Å². The molecule has 0 spiro atoms. The van der Waals surface area contributed by atoms with Crippen LogP contribution >= 0.6 is 0 Å². The van der Waals surface area contributed by atoms with E-state index in [1.54, 1.807) is 16.7 Å². The summed E-state index contributed by atoms with van der Waals surface area (Å²) < 4.78 is 0. The number of rotatable bonds is 5.